The average Bonchev–Trinajstić information content (AvgIpc) is 3.34. The normalized spacial score (nSPS) is 14.6. The Morgan fingerprint density at radius 1 is 0.854 bits per heavy atom. The molecule has 1 aliphatic heterocycles. The molecule has 5 heteroatoms. The van der Waals surface area contributed by atoms with Crippen molar-refractivity contribution in [3.63, 3.8) is 0 Å². The monoisotopic (exact) mass is 536 g/mol. The van der Waals surface area contributed by atoms with Crippen LogP contribution in [0, 0.1) is 17.9 Å². The van der Waals surface area contributed by atoms with Crippen molar-refractivity contribution >= 4 is 39.6 Å². The Kier molecular flexibility index (Phi) is 8.18. The van der Waals surface area contributed by atoms with E-state index in [0.29, 0.717) is 17.1 Å². The van der Waals surface area contributed by atoms with Crippen LogP contribution in [0.1, 0.15) is 31.9 Å². The maximum atomic E-state index is 9.52. The van der Waals surface area contributed by atoms with E-state index in [1.165, 1.54) is 27.5 Å². The largest absolute Gasteiger partial charge is 0.457 e. The van der Waals surface area contributed by atoms with Gasteiger partial charge in [0.2, 0.25) is 0 Å². The zero-order valence-corrected chi connectivity index (χ0v) is 23.6. The summed E-state index contributed by atoms with van der Waals surface area (Å²) in [5.74, 6) is 1.12. The third-order valence-electron chi connectivity index (χ3n) is 7.34. The van der Waals surface area contributed by atoms with E-state index in [1.54, 1.807) is 12.2 Å². The van der Waals surface area contributed by atoms with Gasteiger partial charge in [0.05, 0.1) is 12.6 Å². The Bertz CT molecular complexity index is 1810. The number of hydrogen-bond donors (Lipinski definition) is 0. The minimum atomic E-state index is 0.0301. The maximum Gasteiger partial charge on any atom is 0.269 e. The highest BCUT2D eigenvalue weighted by Gasteiger charge is 2.13. The van der Waals surface area contributed by atoms with Gasteiger partial charge in [0.25, 0.3) is 5.70 Å². The molecule has 0 saturated heterocycles. The first-order chi connectivity index (χ1) is 20.1. The molecule has 0 N–H and O–H groups in total. The van der Waals surface area contributed by atoms with Gasteiger partial charge >= 0.3 is 0 Å². The molecule has 0 unspecified atom stereocenters. The Morgan fingerprint density at radius 2 is 1.49 bits per heavy atom. The number of para-hydroxylation sites is 1. The number of ether oxygens (including phenoxy) is 1. The minimum absolute atomic E-state index is 0.0301. The van der Waals surface area contributed by atoms with Crippen LogP contribution >= 0.6 is 0 Å². The van der Waals surface area contributed by atoms with Crippen LogP contribution < -0.4 is 4.90 Å². The van der Waals surface area contributed by atoms with Gasteiger partial charge in [0.1, 0.15) is 11.5 Å². The molecule has 4 aromatic rings. The molecule has 1 aliphatic rings. The lowest BCUT2D eigenvalue weighted by Crippen LogP contribution is -2.21. The summed E-state index contributed by atoms with van der Waals surface area (Å²) in [6.07, 6.45) is 11.2. The third kappa shape index (κ3) is 5.71. The Hall–Kier alpha value is -5.26. The molecule has 0 atom stereocenters. The number of aromatic nitrogens is 1. The molecule has 0 aliphatic carbocycles. The second-order valence-electron chi connectivity index (χ2n) is 9.69. The predicted octanol–water partition coefficient (Wildman–Crippen LogP) is 8.88. The van der Waals surface area contributed by atoms with Crippen molar-refractivity contribution in [3.8, 4) is 6.07 Å². The molecule has 5 nitrogen and oxygen atoms in total. The van der Waals surface area contributed by atoms with Crippen molar-refractivity contribution in [1.29, 1.82) is 5.26 Å². The van der Waals surface area contributed by atoms with E-state index < -0.39 is 0 Å². The predicted molar refractivity (Wildman–Crippen MR) is 170 cm³/mol. The second kappa shape index (κ2) is 12.3. The van der Waals surface area contributed by atoms with E-state index in [4.69, 9.17) is 11.3 Å². The van der Waals surface area contributed by atoms with Crippen molar-refractivity contribution in [2.45, 2.75) is 27.3 Å². The van der Waals surface area contributed by atoms with Crippen LogP contribution in [0.25, 0.3) is 38.8 Å². The molecule has 202 valence electrons. The van der Waals surface area contributed by atoms with E-state index in [9.17, 15) is 5.26 Å². The van der Waals surface area contributed by atoms with Gasteiger partial charge in [-0.3, -0.25) is 0 Å². The number of fused-ring (bicyclic) bond motifs is 3. The van der Waals surface area contributed by atoms with Gasteiger partial charge in [-0.15, -0.1) is 0 Å². The molecule has 41 heavy (non-hydrogen) atoms. The summed E-state index contributed by atoms with van der Waals surface area (Å²) >= 11 is 0. The average molecular weight is 537 g/mol. The van der Waals surface area contributed by atoms with E-state index in [1.807, 2.05) is 30.4 Å². The lowest BCUT2D eigenvalue weighted by Gasteiger charge is -2.20. The molecule has 5 rings (SSSR count). The fraction of sp³-hybridized carbons (Fsp3) is 0.167. The van der Waals surface area contributed by atoms with E-state index in [2.05, 4.69) is 102 Å². The van der Waals surface area contributed by atoms with Crippen LogP contribution in [-0.2, 0) is 11.3 Å². The van der Waals surface area contributed by atoms with Gasteiger partial charge in [-0.25, -0.2) is 10.1 Å². The van der Waals surface area contributed by atoms with E-state index in [-0.39, 0.29) is 5.70 Å². The Balaban J connectivity index is 1.42. The highest BCUT2D eigenvalue weighted by atomic mass is 16.5. The summed E-state index contributed by atoms with van der Waals surface area (Å²) < 4.78 is 8.49. The van der Waals surface area contributed by atoms with Crippen LogP contribution in [0.4, 0.5) is 5.69 Å². The molecule has 0 fully saturated rings. The lowest BCUT2D eigenvalue weighted by molar-refractivity contribution is 0.332. The Labute approximate surface area is 241 Å². The van der Waals surface area contributed by atoms with Crippen molar-refractivity contribution in [2.75, 3.05) is 18.0 Å². The van der Waals surface area contributed by atoms with Crippen molar-refractivity contribution in [1.82, 2.24) is 4.57 Å². The van der Waals surface area contributed by atoms with Crippen molar-refractivity contribution in [3.05, 3.63) is 136 Å². The Morgan fingerprint density at radius 3 is 2.12 bits per heavy atom. The summed E-state index contributed by atoms with van der Waals surface area (Å²) in [4.78, 5) is 5.72. The lowest BCUT2D eigenvalue weighted by atomic mass is 10.1. The van der Waals surface area contributed by atoms with Gasteiger partial charge in [-0.2, -0.15) is 0 Å². The maximum absolute atomic E-state index is 9.52. The molecule has 0 radical (unpaired) electrons. The number of rotatable bonds is 8. The SMILES string of the molecule is [C-]#[N+]C(C#N)=C1C=C(C=Cc2ccc(N(CC)CC)cc2)OC(C=Cc2ccc3c(c2)c2ccccc2n3CC)=C1. The van der Waals surface area contributed by atoms with Crippen LogP contribution in [0.2, 0.25) is 0 Å². The van der Waals surface area contributed by atoms with Gasteiger partial charge in [-0.05, 0) is 92.1 Å². The summed E-state index contributed by atoms with van der Waals surface area (Å²) in [5, 5.41) is 12.0. The second-order valence-corrected chi connectivity index (χ2v) is 9.69. The first kappa shape index (κ1) is 27.3. The topological polar surface area (TPSA) is 45.6 Å². The van der Waals surface area contributed by atoms with Gasteiger partial charge in [0, 0.05) is 47.1 Å². The molecule has 0 amide bonds. The summed E-state index contributed by atoms with van der Waals surface area (Å²) in [6, 6.07) is 25.3. The zero-order valence-electron chi connectivity index (χ0n) is 23.6. The van der Waals surface area contributed by atoms with Crippen molar-refractivity contribution in [2.24, 2.45) is 0 Å². The standard InChI is InChI=1S/C36H32N4O/c1-5-39(6-2)29-17-12-26(13-18-29)14-19-30-23-28(34(25-37)38-4)24-31(41-30)20-15-27-16-21-36-33(22-27)32-10-8-9-11-35(32)40(36)7-3/h8-24H,5-7H2,1-3H3. The number of nitriles is 1. The number of hydrogen-bond acceptors (Lipinski definition) is 3. The molecule has 3 aromatic carbocycles. The zero-order chi connectivity index (χ0) is 28.8. The minimum Gasteiger partial charge on any atom is -0.457 e. The number of allylic oxidation sites excluding steroid dienone is 6. The molecule has 2 heterocycles. The molecular formula is C36H32N4O. The highest BCUT2D eigenvalue weighted by Crippen LogP contribution is 2.31. The van der Waals surface area contributed by atoms with Crippen LogP contribution in [-0.4, -0.2) is 17.7 Å². The molecule has 0 spiro atoms. The van der Waals surface area contributed by atoms with Crippen LogP contribution in [0.15, 0.2) is 114 Å². The summed E-state index contributed by atoms with van der Waals surface area (Å²) in [5.41, 5.74) is 6.26. The van der Waals surface area contributed by atoms with Gasteiger partial charge in [-0.1, -0.05) is 48.6 Å². The van der Waals surface area contributed by atoms with Crippen LogP contribution in [0.3, 0.4) is 0 Å². The molecule has 1 aromatic heterocycles. The number of aryl methyl sites for hydroxylation is 1. The number of anilines is 1. The first-order valence-electron chi connectivity index (χ1n) is 13.9. The van der Waals surface area contributed by atoms with Crippen LogP contribution in [0.5, 0.6) is 0 Å². The van der Waals surface area contributed by atoms with Crippen molar-refractivity contribution < 1.29 is 4.74 Å². The fourth-order valence-electron chi connectivity index (χ4n) is 5.26. The molecular weight excluding hydrogens is 504 g/mol. The fourth-order valence-corrected chi connectivity index (χ4v) is 5.26. The highest BCUT2D eigenvalue weighted by molar-refractivity contribution is 6.08. The molecule has 0 bridgehead atoms. The number of benzene rings is 3. The van der Waals surface area contributed by atoms with Gasteiger partial charge < -0.3 is 14.2 Å². The quantitative estimate of drug-likeness (QED) is 0.167. The first-order valence-corrected chi connectivity index (χ1v) is 13.9. The molecule has 0 saturated carbocycles. The summed E-state index contributed by atoms with van der Waals surface area (Å²) in [7, 11) is 0. The van der Waals surface area contributed by atoms with E-state index in [0.717, 1.165) is 30.8 Å². The van der Waals surface area contributed by atoms with E-state index >= 15 is 0 Å². The summed E-state index contributed by atoms with van der Waals surface area (Å²) in [6.45, 7) is 16.7. The smallest absolute Gasteiger partial charge is 0.269 e. The number of nitrogens with zero attached hydrogens (tertiary/aromatic N) is 4. The third-order valence-corrected chi connectivity index (χ3v) is 7.34. The van der Waals surface area contributed by atoms with Gasteiger partial charge in [0.15, 0.2) is 0 Å².